The van der Waals surface area contributed by atoms with Crippen LogP contribution in [0.15, 0.2) is 30.3 Å². The fourth-order valence-electron chi connectivity index (χ4n) is 2.03. The van der Waals surface area contributed by atoms with E-state index < -0.39 is 6.04 Å². The van der Waals surface area contributed by atoms with Gasteiger partial charge in [-0.1, -0.05) is 30.3 Å². The molecule has 5 nitrogen and oxygen atoms in total. The first-order chi connectivity index (χ1) is 8.72. The molecule has 96 valence electrons. The van der Waals surface area contributed by atoms with Crippen molar-refractivity contribution in [3.8, 4) is 0 Å². The van der Waals surface area contributed by atoms with Gasteiger partial charge in [-0.05, 0) is 5.56 Å². The Morgan fingerprint density at radius 2 is 2.17 bits per heavy atom. The van der Waals surface area contributed by atoms with Gasteiger partial charge < -0.3 is 15.0 Å². The molecule has 1 aliphatic rings. The van der Waals surface area contributed by atoms with Crippen molar-refractivity contribution in [2.24, 2.45) is 0 Å². The van der Waals surface area contributed by atoms with Gasteiger partial charge in [0, 0.05) is 13.1 Å². The molecule has 0 radical (unpaired) electrons. The molecule has 1 saturated heterocycles. The molecular formula is C13H16N2O3. The highest BCUT2D eigenvalue weighted by Gasteiger charge is 2.33. The number of piperazine rings is 1. The minimum Gasteiger partial charge on any atom is -0.467 e. The summed E-state index contributed by atoms with van der Waals surface area (Å²) >= 11 is 0. The molecule has 1 amide bonds. The monoisotopic (exact) mass is 248 g/mol. The number of amides is 1. The second-order valence-corrected chi connectivity index (χ2v) is 4.18. The SMILES string of the molecule is COC(=O)[C@@H]1CNCC(=O)N1Cc1ccccc1. The molecular weight excluding hydrogens is 232 g/mol. The van der Waals surface area contributed by atoms with Crippen molar-refractivity contribution in [2.75, 3.05) is 20.2 Å². The van der Waals surface area contributed by atoms with Gasteiger partial charge in [0.15, 0.2) is 0 Å². The molecule has 0 aromatic heterocycles. The van der Waals surface area contributed by atoms with Crippen molar-refractivity contribution in [3.05, 3.63) is 35.9 Å². The van der Waals surface area contributed by atoms with Gasteiger partial charge in [0.1, 0.15) is 6.04 Å². The van der Waals surface area contributed by atoms with Crippen LogP contribution in [-0.4, -0.2) is 43.0 Å². The van der Waals surface area contributed by atoms with Crippen LogP contribution in [0.2, 0.25) is 0 Å². The molecule has 0 saturated carbocycles. The number of ether oxygens (including phenoxy) is 1. The minimum atomic E-state index is -0.545. The number of methoxy groups -OCH3 is 1. The van der Waals surface area contributed by atoms with Crippen LogP contribution in [-0.2, 0) is 20.9 Å². The second-order valence-electron chi connectivity index (χ2n) is 4.18. The fourth-order valence-corrected chi connectivity index (χ4v) is 2.03. The highest BCUT2D eigenvalue weighted by atomic mass is 16.5. The predicted octanol–water partition coefficient (Wildman–Crippen LogP) is 0.160. The Balaban J connectivity index is 2.15. The van der Waals surface area contributed by atoms with E-state index in [1.54, 1.807) is 4.90 Å². The van der Waals surface area contributed by atoms with E-state index in [2.05, 4.69) is 5.32 Å². The van der Waals surface area contributed by atoms with Crippen LogP contribution in [0.25, 0.3) is 0 Å². The molecule has 1 heterocycles. The zero-order valence-corrected chi connectivity index (χ0v) is 10.3. The van der Waals surface area contributed by atoms with Gasteiger partial charge >= 0.3 is 5.97 Å². The zero-order chi connectivity index (χ0) is 13.0. The summed E-state index contributed by atoms with van der Waals surface area (Å²) < 4.78 is 4.73. The Bertz CT molecular complexity index is 433. The summed E-state index contributed by atoms with van der Waals surface area (Å²) in [6.07, 6.45) is 0. The van der Waals surface area contributed by atoms with Gasteiger partial charge in [0.05, 0.1) is 13.7 Å². The molecule has 0 bridgehead atoms. The fraction of sp³-hybridized carbons (Fsp3) is 0.385. The molecule has 0 unspecified atom stereocenters. The third-order valence-corrected chi connectivity index (χ3v) is 2.98. The number of nitrogens with one attached hydrogen (secondary N) is 1. The summed E-state index contributed by atoms with van der Waals surface area (Å²) in [5.41, 5.74) is 1.00. The maximum atomic E-state index is 11.9. The van der Waals surface area contributed by atoms with Crippen molar-refractivity contribution >= 4 is 11.9 Å². The maximum absolute atomic E-state index is 11.9. The van der Waals surface area contributed by atoms with Crippen LogP contribution >= 0.6 is 0 Å². The summed E-state index contributed by atoms with van der Waals surface area (Å²) in [4.78, 5) is 25.1. The standard InChI is InChI=1S/C13H16N2O3/c1-18-13(17)11-7-14-8-12(16)15(11)9-10-5-3-2-4-6-10/h2-6,11,14H,7-9H2,1H3/t11-/m0/s1. The van der Waals surface area contributed by atoms with E-state index in [1.165, 1.54) is 7.11 Å². The molecule has 1 aliphatic heterocycles. The summed E-state index contributed by atoms with van der Waals surface area (Å²) in [5.74, 6) is -0.466. The smallest absolute Gasteiger partial charge is 0.329 e. The first-order valence-corrected chi connectivity index (χ1v) is 5.84. The quantitative estimate of drug-likeness (QED) is 0.774. The number of hydrogen-bond acceptors (Lipinski definition) is 4. The maximum Gasteiger partial charge on any atom is 0.329 e. The Hall–Kier alpha value is -1.88. The highest BCUT2D eigenvalue weighted by molar-refractivity contribution is 5.87. The van der Waals surface area contributed by atoms with Crippen molar-refractivity contribution in [2.45, 2.75) is 12.6 Å². The van der Waals surface area contributed by atoms with Crippen LogP contribution < -0.4 is 5.32 Å². The van der Waals surface area contributed by atoms with Crippen molar-refractivity contribution in [1.82, 2.24) is 10.2 Å². The van der Waals surface area contributed by atoms with Crippen LogP contribution in [0.4, 0.5) is 0 Å². The van der Waals surface area contributed by atoms with Crippen molar-refractivity contribution in [3.63, 3.8) is 0 Å². The average molecular weight is 248 g/mol. The molecule has 0 spiro atoms. The molecule has 18 heavy (non-hydrogen) atoms. The second kappa shape index (κ2) is 5.64. The lowest BCUT2D eigenvalue weighted by molar-refractivity contribution is -0.155. The largest absolute Gasteiger partial charge is 0.467 e. The van der Waals surface area contributed by atoms with Crippen LogP contribution in [0.5, 0.6) is 0 Å². The minimum absolute atomic E-state index is 0.0829. The third kappa shape index (κ3) is 2.68. The molecule has 1 fully saturated rings. The van der Waals surface area contributed by atoms with E-state index >= 15 is 0 Å². The molecule has 1 aromatic rings. The number of carbonyl (C=O) groups excluding carboxylic acids is 2. The van der Waals surface area contributed by atoms with Gasteiger partial charge in [-0.2, -0.15) is 0 Å². The number of hydrogen-bond donors (Lipinski definition) is 1. The lowest BCUT2D eigenvalue weighted by Crippen LogP contribution is -2.57. The third-order valence-electron chi connectivity index (χ3n) is 2.98. The Morgan fingerprint density at radius 1 is 1.44 bits per heavy atom. The summed E-state index contributed by atoms with van der Waals surface area (Å²) in [6.45, 7) is 1.13. The van der Waals surface area contributed by atoms with Gasteiger partial charge in [-0.25, -0.2) is 4.79 Å². The molecule has 0 aliphatic carbocycles. The van der Waals surface area contributed by atoms with Crippen LogP contribution in [0, 0.1) is 0 Å². The van der Waals surface area contributed by atoms with E-state index in [9.17, 15) is 9.59 Å². The van der Waals surface area contributed by atoms with Gasteiger partial charge in [0.2, 0.25) is 5.91 Å². The first-order valence-electron chi connectivity index (χ1n) is 5.84. The van der Waals surface area contributed by atoms with Gasteiger partial charge in [0.25, 0.3) is 0 Å². The van der Waals surface area contributed by atoms with E-state index in [-0.39, 0.29) is 18.4 Å². The topological polar surface area (TPSA) is 58.6 Å². The normalized spacial score (nSPS) is 19.7. The Morgan fingerprint density at radius 3 is 2.83 bits per heavy atom. The number of benzene rings is 1. The lowest BCUT2D eigenvalue weighted by Gasteiger charge is -2.34. The molecule has 2 rings (SSSR count). The summed E-state index contributed by atoms with van der Waals surface area (Å²) in [6, 6.07) is 9.06. The first kappa shape index (κ1) is 12.6. The van der Waals surface area contributed by atoms with E-state index in [0.29, 0.717) is 13.1 Å². The average Bonchev–Trinajstić information content (AvgIpc) is 2.41. The van der Waals surface area contributed by atoms with Gasteiger partial charge in [-0.15, -0.1) is 0 Å². The number of carbonyl (C=O) groups is 2. The van der Waals surface area contributed by atoms with E-state index in [4.69, 9.17) is 4.74 Å². The number of esters is 1. The molecule has 1 atom stereocenters. The van der Waals surface area contributed by atoms with Crippen LogP contribution in [0.3, 0.4) is 0 Å². The molecule has 1 N–H and O–H groups in total. The van der Waals surface area contributed by atoms with Crippen molar-refractivity contribution in [1.29, 1.82) is 0 Å². The van der Waals surface area contributed by atoms with Crippen LogP contribution in [0.1, 0.15) is 5.56 Å². The summed E-state index contributed by atoms with van der Waals surface area (Å²) in [5, 5.41) is 2.92. The Kier molecular flexibility index (Phi) is 3.94. The zero-order valence-electron chi connectivity index (χ0n) is 10.3. The number of rotatable bonds is 3. The Labute approximate surface area is 106 Å². The predicted molar refractivity (Wildman–Crippen MR) is 65.7 cm³/mol. The van der Waals surface area contributed by atoms with Crippen molar-refractivity contribution < 1.29 is 14.3 Å². The summed E-state index contributed by atoms with van der Waals surface area (Å²) in [7, 11) is 1.34. The molecule has 1 aromatic carbocycles. The molecule has 5 heteroatoms. The number of nitrogens with zero attached hydrogens (tertiary/aromatic N) is 1. The van der Waals surface area contributed by atoms with Gasteiger partial charge in [-0.3, -0.25) is 4.79 Å². The lowest BCUT2D eigenvalue weighted by atomic mass is 10.1. The van der Waals surface area contributed by atoms with E-state index in [1.807, 2.05) is 30.3 Å². The highest BCUT2D eigenvalue weighted by Crippen LogP contribution is 2.12. The van der Waals surface area contributed by atoms with E-state index in [0.717, 1.165) is 5.56 Å².